The van der Waals surface area contributed by atoms with Crippen LogP contribution in [0.4, 0.5) is 4.79 Å². The molecule has 2 amide bonds. The summed E-state index contributed by atoms with van der Waals surface area (Å²) in [5.74, 6) is 0.668. The van der Waals surface area contributed by atoms with Crippen molar-refractivity contribution in [1.29, 1.82) is 0 Å². The van der Waals surface area contributed by atoms with E-state index in [1.807, 2.05) is 35.2 Å². The molecule has 2 rings (SSSR count). The molecule has 2 N–H and O–H groups in total. The highest BCUT2D eigenvalue weighted by Crippen LogP contribution is 2.23. The number of likely N-dealkylation sites (tertiary alicyclic amines) is 1. The van der Waals surface area contributed by atoms with Crippen LogP contribution in [-0.4, -0.2) is 41.6 Å². The van der Waals surface area contributed by atoms with E-state index in [4.69, 9.17) is 5.11 Å². The SMILES string of the molecule is O=C(O)NCCCCC1CN(C(=O)c2ccccc2)C1. The van der Waals surface area contributed by atoms with Gasteiger partial charge in [0, 0.05) is 25.2 Å². The third-order valence-corrected chi connectivity index (χ3v) is 3.58. The zero-order valence-corrected chi connectivity index (χ0v) is 11.4. The number of rotatable bonds is 6. The second-order valence-corrected chi connectivity index (χ2v) is 5.17. The summed E-state index contributed by atoms with van der Waals surface area (Å²) >= 11 is 0. The molecule has 0 aromatic heterocycles. The maximum absolute atomic E-state index is 12.1. The van der Waals surface area contributed by atoms with Crippen molar-refractivity contribution < 1.29 is 14.7 Å². The van der Waals surface area contributed by atoms with Gasteiger partial charge in [0.15, 0.2) is 0 Å². The van der Waals surface area contributed by atoms with E-state index in [1.54, 1.807) is 0 Å². The van der Waals surface area contributed by atoms with E-state index < -0.39 is 6.09 Å². The second kappa shape index (κ2) is 6.93. The Balaban J connectivity index is 1.60. The maximum atomic E-state index is 12.1. The van der Waals surface area contributed by atoms with E-state index in [2.05, 4.69) is 5.32 Å². The van der Waals surface area contributed by atoms with Crippen LogP contribution in [0.3, 0.4) is 0 Å². The summed E-state index contributed by atoms with van der Waals surface area (Å²) in [7, 11) is 0. The van der Waals surface area contributed by atoms with E-state index in [0.717, 1.165) is 37.9 Å². The van der Waals surface area contributed by atoms with E-state index in [0.29, 0.717) is 12.5 Å². The third kappa shape index (κ3) is 3.98. The average molecular weight is 276 g/mol. The molecule has 0 spiro atoms. The number of nitrogens with zero attached hydrogens (tertiary/aromatic N) is 1. The largest absolute Gasteiger partial charge is 0.465 e. The Bertz CT molecular complexity index is 455. The molecule has 0 bridgehead atoms. The Morgan fingerprint density at radius 2 is 1.90 bits per heavy atom. The van der Waals surface area contributed by atoms with E-state index >= 15 is 0 Å². The van der Waals surface area contributed by atoms with Crippen LogP contribution < -0.4 is 5.32 Å². The van der Waals surface area contributed by atoms with Crippen molar-refractivity contribution in [2.75, 3.05) is 19.6 Å². The molecule has 1 aliphatic rings. The molecule has 1 heterocycles. The molecular weight excluding hydrogens is 256 g/mol. The lowest BCUT2D eigenvalue weighted by atomic mass is 9.93. The number of hydrogen-bond donors (Lipinski definition) is 2. The number of nitrogens with one attached hydrogen (secondary N) is 1. The number of carbonyl (C=O) groups is 2. The Morgan fingerprint density at radius 1 is 1.20 bits per heavy atom. The normalized spacial score (nSPS) is 14.7. The van der Waals surface area contributed by atoms with Gasteiger partial charge in [0.25, 0.3) is 5.91 Å². The average Bonchev–Trinajstić information content (AvgIpc) is 2.40. The molecule has 0 saturated carbocycles. The fourth-order valence-corrected chi connectivity index (χ4v) is 2.43. The molecule has 0 unspecified atom stereocenters. The standard InChI is InChI=1S/C15H20N2O3/c18-14(13-7-2-1-3-8-13)17-10-12(11-17)6-4-5-9-16-15(19)20/h1-3,7-8,12,16H,4-6,9-11H2,(H,19,20). The van der Waals surface area contributed by atoms with Crippen LogP contribution in [0.2, 0.25) is 0 Å². The Hall–Kier alpha value is -2.04. The lowest BCUT2D eigenvalue weighted by molar-refractivity contribution is 0.0480. The van der Waals surface area contributed by atoms with Gasteiger partial charge in [0.1, 0.15) is 0 Å². The van der Waals surface area contributed by atoms with Gasteiger partial charge in [-0.2, -0.15) is 0 Å². The van der Waals surface area contributed by atoms with E-state index in [1.165, 1.54) is 0 Å². The van der Waals surface area contributed by atoms with Crippen molar-refractivity contribution in [2.24, 2.45) is 5.92 Å². The summed E-state index contributed by atoms with van der Waals surface area (Å²) in [6.45, 7) is 2.15. The fourth-order valence-electron chi connectivity index (χ4n) is 2.43. The zero-order chi connectivity index (χ0) is 14.4. The number of carboxylic acid groups (broad SMARTS) is 1. The van der Waals surface area contributed by atoms with Gasteiger partial charge in [-0.1, -0.05) is 24.6 Å². The smallest absolute Gasteiger partial charge is 0.404 e. The molecule has 1 aliphatic heterocycles. The van der Waals surface area contributed by atoms with Crippen molar-refractivity contribution in [3.05, 3.63) is 35.9 Å². The molecule has 5 nitrogen and oxygen atoms in total. The first-order chi connectivity index (χ1) is 9.66. The number of benzene rings is 1. The van der Waals surface area contributed by atoms with Gasteiger partial charge < -0.3 is 15.3 Å². The van der Waals surface area contributed by atoms with Crippen LogP contribution in [0.1, 0.15) is 29.6 Å². The highest BCUT2D eigenvalue weighted by molar-refractivity contribution is 5.94. The monoisotopic (exact) mass is 276 g/mol. The summed E-state index contributed by atoms with van der Waals surface area (Å²) < 4.78 is 0. The summed E-state index contributed by atoms with van der Waals surface area (Å²) in [5.41, 5.74) is 0.747. The first kappa shape index (κ1) is 14.4. The van der Waals surface area contributed by atoms with Crippen molar-refractivity contribution in [2.45, 2.75) is 19.3 Å². The van der Waals surface area contributed by atoms with Crippen LogP contribution in [0.15, 0.2) is 30.3 Å². The molecule has 1 aromatic carbocycles. The summed E-state index contributed by atoms with van der Waals surface area (Å²) in [6.07, 6.45) is 1.95. The molecule has 1 fully saturated rings. The van der Waals surface area contributed by atoms with Crippen LogP contribution in [0.25, 0.3) is 0 Å². The lowest BCUT2D eigenvalue weighted by Gasteiger charge is -2.39. The highest BCUT2D eigenvalue weighted by Gasteiger charge is 2.30. The van der Waals surface area contributed by atoms with Gasteiger partial charge in [-0.05, 0) is 30.9 Å². The van der Waals surface area contributed by atoms with Crippen LogP contribution >= 0.6 is 0 Å². The van der Waals surface area contributed by atoms with Gasteiger partial charge in [0.2, 0.25) is 0 Å². The molecule has 5 heteroatoms. The van der Waals surface area contributed by atoms with Crippen molar-refractivity contribution in [3.8, 4) is 0 Å². The number of unbranched alkanes of at least 4 members (excludes halogenated alkanes) is 1. The second-order valence-electron chi connectivity index (χ2n) is 5.17. The van der Waals surface area contributed by atoms with Gasteiger partial charge in [-0.3, -0.25) is 4.79 Å². The molecule has 1 saturated heterocycles. The summed E-state index contributed by atoms with van der Waals surface area (Å²) in [6, 6.07) is 9.33. The van der Waals surface area contributed by atoms with Crippen LogP contribution in [0, 0.1) is 5.92 Å². The molecule has 0 aliphatic carbocycles. The molecule has 20 heavy (non-hydrogen) atoms. The molecular formula is C15H20N2O3. The predicted molar refractivity (Wildman–Crippen MR) is 75.7 cm³/mol. The molecule has 108 valence electrons. The predicted octanol–water partition coefficient (Wildman–Crippen LogP) is 2.20. The molecule has 0 radical (unpaired) electrons. The lowest BCUT2D eigenvalue weighted by Crippen LogP contribution is -2.49. The number of amides is 2. The van der Waals surface area contributed by atoms with Crippen LogP contribution in [0.5, 0.6) is 0 Å². The Morgan fingerprint density at radius 3 is 2.55 bits per heavy atom. The molecule has 0 atom stereocenters. The van der Waals surface area contributed by atoms with E-state index in [9.17, 15) is 9.59 Å². The third-order valence-electron chi connectivity index (χ3n) is 3.58. The van der Waals surface area contributed by atoms with E-state index in [-0.39, 0.29) is 5.91 Å². The summed E-state index contributed by atoms with van der Waals surface area (Å²) in [4.78, 5) is 24.2. The minimum atomic E-state index is -0.965. The quantitative estimate of drug-likeness (QED) is 0.782. The van der Waals surface area contributed by atoms with Gasteiger partial charge in [-0.15, -0.1) is 0 Å². The van der Waals surface area contributed by atoms with Crippen molar-refractivity contribution >= 4 is 12.0 Å². The minimum Gasteiger partial charge on any atom is -0.465 e. The Labute approximate surface area is 118 Å². The van der Waals surface area contributed by atoms with Gasteiger partial charge >= 0.3 is 6.09 Å². The van der Waals surface area contributed by atoms with Crippen molar-refractivity contribution in [3.63, 3.8) is 0 Å². The molecule has 1 aromatic rings. The first-order valence-electron chi connectivity index (χ1n) is 6.98. The zero-order valence-electron chi connectivity index (χ0n) is 11.4. The van der Waals surface area contributed by atoms with Gasteiger partial charge in [0.05, 0.1) is 0 Å². The fraction of sp³-hybridized carbons (Fsp3) is 0.467. The highest BCUT2D eigenvalue weighted by atomic mass is 16.4. The van der Waals surface area contributed by atoms with Crippen molar-refractivity contribution in [1.82, 2.24) is 10.2 Å². The topological polar surface area (TPSA) is 69.6 Å². The minimum absolute atomic E-state index is 0.106. The summed E-state index contributed by atoms with van der Waals surface area (Å²) in [5, 5.41) is 10.8. The Kier molecular flexibility index (Phi) is 4.98. The first-order valence-corrected chi connectivity index (χ1v) is 6.98. The van der Waals surface area contributed by atoms with Gasteiger partial charge in [-0.25, -0.2) is 4.79 Å². The number of carbonyl (C=O) groups excluding carboxylic acids is 1. The van der Waals surface area contributed by atoms with Crippen LogP contribution in [-0.2, 0) is 0 Å². The maximum Gasteiger partial charge on any atom is 0.404 e. The number of hydrogen-bond acceptors (Lipinski definition) is 2.